The van der Waals surface area contributed by atoms with Crippen LogP contribution in [0.5, 0.6) is 40.2 Å². The third-order valence-electron chi connectivity index (χ3n) is 13.0. The second kappa shape index (κ2) is 19.9. The smallest absolute Gasteiger partial charge is 0.415 e. The van der Waals surface area contributed by atoms with Crippen LogP contribution in [0.3, 0.4) is 0 Å². The maximum Gasteiger partial charge on any atom is 0.415 e. The van der Waals surface area contributed by atoms with Crippen molar-refractivity contribution in [1.29, 1.82) is 5.26 Å². The fourth-order valence-electron chi connectivity index (χ4n) is 9.10. The highest BCUT2D eigenvalue weighted by atomic mass is 32.1. The summed E-state index contributed by atoms with van der Waals surface area (Å²) in [5.41, 5.74) is 0.773. The Balaban J connectivity index is 0.873. The monoisotopic (exact) mass is 996 g/mol. The standard InChI is InChI=1S/C53H52N6O12S/c1-28-29(2)48(65)46(30(3)47(28)64)52(4,5)26-45(63)58(6)20-21-59(51(68)69-34-12-16-39-42(25-34)72-44(27-54)57-39)19-7-8-43(62)55-17-18-56-49(66)31-9-13-36-35(22-31)50(67)71-53(36)37-14-10-32(60)23-40(37)70-41-24-33(61)11-15-38(41)53/h9-16,22-25,49,56,60-61,64-66H,2-3,7-8,17-21,26H2,1,4-6H3,(H,55,62). The molecule has 1 unspecified atom stereocenters. The number of benzene rings is 5. The number of aliphatic hydroxyl groups is 1. The first-order valence-corrected chi connectivity index (χ1v) is 23.7. The van der Waals surface area contributed by atoms with Gasteiger partial charge in [0.2, 0.25) is 11.8 Å². The molecule has 372 valence electrons. The minimum atomic E-state index is -1.46. The zero-order valence-electron chi connectivity index (χ0n) is 39.9. The molecule has 6 aromatic rings. The van der Waals surface area contributed by atoms with E-state index in [1.54, 1.807) is 70.3 Å². The van der Waals surface area contributed by atoms with E-state index in [0.717, 1.165) is 11.3 Å². The number of nitriles is 1. The molecule has 2 aliphatic heterocycles. The van der Waals surface area contributed by atoms with Crippen molar-refractivity contribution in [2.75, 3.05) is 39.8 Å². The first-order chi connectivity index (χ1) is 34.2. The molecule has 19 heteroatoms. The molecule has 5 aromatic carbocycles. The second-order valence-electron chi connectivity index (χ2n) is 18.3. The summed E-state index contributed by atoms with van der Waals surface area (Å²) in [7, 11) is 1.58. The van der Waals surface area contributed by atoms with Crippen LogP contribution in [0.25, 0.3) is 23.4 Å². The van der Waals surface area contributed by atoms with Crippen molar-refractivity contribution in [2.24, 2.45) is 0 Å². The summed E-state index contributed by atoms with van der Waals surface area (Å²) in [6.45, 7) is 13.4. The van der Waals surface area contributed by atoms with Crippen LogP contribution in [-0.2, 0) is 25.3 Å². The van der Waals surface area contributed by atoms with Crippen LogP contribution in [0.2, 0.25) is 0 Å². The molecular formula is C53H52N6O12S. The number of phenols is 4. The average Bonchev–Trinajstić information content (AvgIpc) is 3.89. The molecule has 7 N–H and O–H groups in total. The van der Waals surface area contributed by atoms with Gasteiger partial charge in [0.15, 0.2) is 10.6 Å². The number of nitrogens with zero attached hydrogens (tertiary/aromatic N) is 4. The Morgan fingerprint density at radius 3 is 2.26 bits per heavy atom. The molecule has 0 bridgehead atoms. The molecule has 2 aliphatic rings. The Morgan fingerprint density at radius 1 is 0.903 bits per heavy atom. The number of rotatable bonds is 16. The normalized spacial score (nSPS) is 13.5. The van der Waals surface area contributed by atoms with Crippen LogP contribution in [0.4, 0.5) is 4.79 Å². The molecule has 0 saturated carbocycles. The van der Waals surface area contributed by atoms with Crippen molar-refractivity contribution >= 4 is 58.6 Å². The second-order valence-corrected chi connectivity index (χ2v) is 19.3. The Kier molecular flexibility index (Phi) is 13.9. The van der Waals surface area contributed by atoms with E-state index in [2.05, 4.69) is 28.8 Å². The number of nitrogens with one attached hydrogen (secondary N) is 2. The lowest BCUT2D eigenvalue weighted by atomic mass is 9.77. The minimum absolute atomic E-state index is 0.0127. The number of esters is 1. The number of thiazole rings is 1. The Labute approximate surface area is 417 Å². The van der Waals surface area contributed by atoms with Gasteiger partial charge in [-0.15, -0.1) is 11.3 Å². The number of aromatic nitrogens is 1. The largest absolute Gasteiger partial charge is 0.508 e. The molecule has 8 rings (SSSR count). The Bertz CT molecular complexity index is 3280. The average molecular weight is 997 g/mol. The Hall–Kier alpha value is -8.18. The minimum Gasteiger partial charge on any atom is -0.508 e. The van der Waals surface area contributed by atoms with Crippen LogP contribution >= 0.6 is 11.3 Å². The molecule has 1 spiro atoms. The van der Waals surface area contributed by atoms with Crippen LogP contribution in [0, 0.1) is 18.3 Å². The zero-order chi connectivity index (χ0) is 51.8. The van der Waals surface area contributed by atoms with E-state index in [-0.39, 0.29) is 125 Å². The van der Waals surface area contributed by atoms with E-state index in [1.165, 1.54) is 40.1 Å². The summed E-state index contributed by atoms with van der Waals surface area (Å²) >= 11 is 1.15. The third-order valence-corrected chi connectivity index (χ3v) is 13.9. The fraction of sp³-hybridized carbons (Fsp3) is 0.283. The van der Waals surface area contributed by atoms with Gasteiger partial charge in [-0.25, -0.2) is 14.6 Å². The molecule has 1 aromatic heterocycles. The molecule has 72 heavy (non-hydrogen) atoms. The highest BCUT2D eigenvalue weighted by Gasteiger charge is 2.54. The SMILES string of the molecule is C=c1c(C)c(O)c(=C)c(C(C)(C)CC(=O)N(C)CCN(CCCC(=O)NCCNC(O)c2ccc3c(c2)C(=O)OC32c3ccc(O)cc3Oc3cc(O)ccc32)C(=O)Oc2ccc3nc(C#N)sc3c2)c1O. The van der Waals surface area contributed by atoms with Gasteiger partial charge in [-0.3, -0.25) is 14.9 Å². The lowest BCUT2D eigenvalue weighted by molar-refractivity contribution is -0.131. The molecule has 0 fully saturated rings. The van der Waals surface area contributed by atoms with Crippen molar-refractivity contribution in [1.82, 2.24) is 25.4 Å². The number of aliphatic hydroxyl groups excluding tert-OH is 1. The third kappa shape index (κ3) is 9.66. The van der Waals surface area contributed by atoms with E-state index in [4.69, 9.17) is 14.2 Å². The van der Waals surface area contributed by atoms with Gasteiger partial charge in [-0.2, -0.15) is 5.26 Å². The summed E-state index contributed by atoms with van der Waals surface area (Å²) in [5.74, 6) is -1.02. The zero-order valence-corrected chi connectivity index (χ0v) is 40.7. The number of likely N-dealkylation sites (N-methyl/N-ethyl adjacent to an activating group) is 1. The summed E-state index contributed by atoms with van der Waals surface area (Å²) in [6.07, 6.45) is -1.83. The fourth-order valence-corrected chi connectivity index (χ4v) is 9.89. The number of phenolic OH excluding ortho intramolecular Hbond substituents is 4. The number of hydrogen-bond donors (Lipinski definition) is 7. The number of ether oxygens (including phenoxy) is 3. The lowest BCUT2D eigenvalue weighted by Gasteiger charge is -2.36. The van der Waals surface area contributed by atoms with Crippen LogP contribution in [-0.4, -0.2) is 104 Å². The number of amides is 3. The quantitative estimate of drug-likeness (QED) is 0.0274. The van der Waals surface area contributed by atoms with Gasteiger partial charge in [0.05, 0.1) is 15.8 Å². The van der Waals surface area contributed by atoms with Crippen LogP contribution in [0.15, 0.2) is 72.8 Å². The van der Waals surface area contributed by atoms with E-state index in [0.29, 0.717) is 43.6 Å². The molecule has 18 nitrogen and oxygen atoms in total. The van der Waals surface area contributed by atoms with Gasteiger partial charge in [0, 0.05) is 114 Å². The van der Waals surface area contributed by atoms with Gasteiger partial charge in [-0.05, 0) is 61.4 Å². The first kappa shape index (κ1) is 50.2. The van der Waals surface area contributed by atoms with E-state index in [1.807, 2.05) is 6.07 Å². The number of hydrogen-bond acceptors (Lipinski definition) is 16. The number of carbonyl (C=O) groups excluding carboxylic acids is 4. The van der Waals surface area contributed by atoms with Crippen molar-refractivity contribution < 1.29 is 58.9 Å². The van der Waals surface area contributed by atoms with Gasteiger partial charge >= 0.3 is 12.1 Å². The summed E-state index contributed by atoms with van der Waals surface area (Å²) in [5, 5.41) is 68.9. The maximum absolute atomic E-state index is 13.7. The van der Waals surface area contributed by atoms with Crippen molar-refractivity contribution in [3.63, 3.8) is 0 Å². The van der Waals surface area contributed by atoms with Gasteiger partial charge in [0.25, 0.3) is 0 Å². The van der Waals surface area contributed by atoms with Gasteiger partial charge in [0.1, 0.15) is 52.5 Å². The van der Waals surface area contributed by atoms with Crippen molar-refractivity contribution in [2.45, 2.75) is 57.3 Å². The Morgan fingerprint density at radius 2 is 1.58 bits per heavy atom. The highest BCUT2D eigenvalue weighted by molar-refractivity contribution is 7.19. The number of fused-ring (bicyclic) bond motifs is 7. The molecule has 3 heterocycles. The summed E-state index contributed by atoms with van der Waals surface area (Å²) in [4.78, 5) is 61.0. The molecule has 0 aliphatic carbocycles. The summed E-state index contributed by atoms with van der Waals surface area (Å²) in [6, 6.07) is 20.5. The lowest BCUT2D eigenvalue weighted by Crippen LogP contribution is -2.43. The van der Waals surface area contributed by atoms with Crippen molar-refractivity contribution in [3.05, 3.63) is 127 Å². The molecular weight excluding hydrogens is 945 g/mol. The topological polar surface area (TPSA) is 264 Å². The molecule has 0 radical (unpaired) electrons. The summed E-state index contributed by atoms with van der Waals surface area (Å²) < 4.78 is 18.5. The highest BCUT2D eigenvalue weighted by Crippen LogP contribution is 2.57. The van der Waals surface area contributed by atoms with Gasteiger partial charge < -0.3 is 54.9 Å². The first-order valence-electron chi connectivity index (χ1n) is 22.9. The number of aromatic hydroxyl groups is 4. The maximum atomic E-state index is 13.7. The predicted octanol–water partition coefficient (Wildman–Crippen LogP) is 5.49. The van der Waals surface area contributed by atoms with E-state index in [9.17, 15) is 50.0 Å². The van der Waals surface area contributed by atoms with Gasteiger partial charge in [-0.1, -0.05) is 39.1 Å². The van der Waals surface area contributed by atoms with E-state index < -0.39 is 29.3 Å². The van der Waals surface area contributed by atoms with Crippen molar-refractivity contribution in [3.8, 4) is 46.3 Å². The molecule has 0 saturated heterocycles. The van der Waals surface area contributed by atoms with E-state index >= 15 is 0 Å². The molecule has 3 amide bonds. The predicted molar refractivity (Wildman–Crippen MR) is 265 cm³/mol. The van der Waals surface area contributed by atoms with Crippen LogP contribution in [0.1, 0.15) is 88.1 Å². The molecule has 1 atom stereocenters. The number of carbonyl (C=O) groups is 4. The van der Waals surface area contributed by atoms with Crippen LogP contribution < -0.4 is 30.5 Å².